The maximum absolute atomic E-state index is 6.54. The van der Waals surface area contributed by atoms with Crippen LogP contribution in [-0.4, -0.2) is 15.4 Å². The minimum absolute atomic E-state index is 0.171. The van der Waals surface area contributed by atoms with E-state index in [4.69, 9.17) is 21.4 Å². The number of aryl methyl sites for hydroxylation is 1. The number of aromatic nitrogens is 2. The summed E-state index contributed by atoms with van der Waals surface area (Å²) in [7, 11) is 0. The Labute approximate surface area is 165 Å². The molecule has 4 heteroatoms. The molecule has 2 atom stereocenters. The van der Waals surface area contributed by atoms with Crippen LogP contribution in [0.2, 0.25) is 5.02 Å². The molecule has 0 saturated carbocycles. The normalized spacial score (nSPS) is 21.4. The number of hydrogen-bond acceptors (Lipinski definition) is 2. The second kappa shape index (κ2) is 6.58. The molecule has 3 aromatic rings. The van der Waals surface area contributed by atoms with Gasteiger partial charge >= 0.3 is 0 Å². The standard InChI is InChI=1S/C23H23ClN2O/c1-15(2)23(4)14-20(17-10-12-18(24)13-11-17)21-16(3)25-26(22(21)27-23)19-8-6-5-7-9-19/h5-13,20H,1,14H2,2-4H3/t20-,23+/m1/s1. The first-order valence-electron chi connectivity index (χ1n) is 9.14. The maximum atomic E-state index is 6.54. The van der Waals surface area contributed by atoms with Gasteiger partial charge in [-0.1, -0.05) is 48.5 Å². The summed E-state index contributed by atoms with van der Waals surface area (Å²) < 4.78 is 8.45. The average molecular weight is 379 g/mol. The molecule has 138 valence electrons. The van der Waals surface area contributed by atoms with E-state index in [1.54, 1.807) is 0 Å². The summed E-state index contributed by atoms with van der Waals surface area (Å²) in [6.07, 6.45) is 0.818. The van der Waals surface area contributed by atoms with E-state index in [0.29, 0.717) is 0 Å². The van der Waals surface area contributed by atoms with Crippen molar-refractivity contribution in [2.75, 3.05) is 0 Å². The van der Waals surface area contributed by atoms with E-state index in [9.17, 15) is 0 Å². The number of benzene rings is 2. The molecule has 0 radical (unpaired) electrons. The van der Waals surface area contributed by atoms with E-state index in [2.05, 4.69) is 25.6 Å². The largest absolute Gasteiger partial charge is 0.466 e. The monoisotopic (exact) mass is 378 g/mol. The van der Waals surface area contributed by atoms with Crippen LogP contribution in [-0.2, 0) is 0 Å². The van der Waals surface area contributed by atoms with E-state index >= 15 is 0 Å². The molecule has 2 heterocycles. The minimum Gasteiger partial charge on any atom is -0.466 e. The Morgan fingerprint density at radius 2 is 1.85 bits per heavy atom. The van der Waals surface area contributed by atoms with E-state index in [0.717, 1.165) is 39.8 Å². The number of halogens is 1. The van der Waals surface area contributed by atoms with Crippen molar-refractivity contribution in [1.82, 2.24) is 9.78 Å². The van der Waals surface area contributed by atoms with Gasteiger partial charge in [0.1, 0.15) is 5.60 Å². The lowest BCUT2D eigenvalue weighted by Gasteiger charge is -2.39. The highest BCUT2D eigenvalue weighted by Crippen LogP contribution is 2.48. The third kappa shape index (κ3) is 3.06. The third-order valence-corrected chi connectivity index (χ3v) is 5.75. The lowest BCUT2D eigenvalue weighted by Crippen LogP contribution is -2.39. The van der Waals surface area contributed by atoms with Gasteiger partial charge in [-0.3, -0.25) is 0 Å². The smallest absolute Gasteiger partial charge is 0.221 e. The van der Waals surface area contributed by atoms with Gasteiger partial charge in [-0.2, -0.15) is 5.10 Å². The summed E-state index contributed by atoms with van der Waals surface area (Å²) >= 11 is 6.12. The molecule has 0 saturated heterocycles. The van der Waals surface area contributed by atoms with Gasteiger partial charge in [0, 0.05) is 22.9 Å². The van der Waals surface area contributed by atoms with E-state index in [-0.39, 0.29) is 5.92 Å². The fraction of sp³-hybridized carbons (Fsp3) is 0.261. The first kappa shape index (κ1) is 17.9. The van der Waals surface area contributed by atoms with Crippen molar-refractivity contribution in [1.29, 1.82) is 0 Å². The fourth-order valence-corrected chi connectivity index (χ4v) is 3.88. The van der Waals surface area contributed by atoms with Crippen molar-refractivity contribution in [2.45, 2.75) is 38.7 Å². The Hall–Kier alpha value is -2.52. The van der Waals surface area contributed by atoms with Gasteiger partial charge in [-0.15, -0.1) is 0 Å². The average Bonchev–Trinajstić information content (AvgIpc) is 2.98. The molecule has 3 nitrogen and oxygen atoms in total. The van der Waals surface area contributed by atoms with Crippen LogP contribution in [0.3, 0.4) is 0 Å². The van der Waals surface area contributed by atoms with Gasteiger partial charge in [0.2, 0.25) is 5.88 Å². The summed E-state index contributed by atoms with van der Waals surface area (Å²) in [5.74, 6) is 0.973. The van der Waals surface area contributed by atoms with E-state index < -0.39 is 5.60 Å². The van der Waals surface area contributed by atoms with Gasteiger partial charge in [0.25, 0.3) is 0 Å². The van der Waals surface area contributed by atoms with E-state index in [1.807, 2.05) is 61.0 Å². The summed E-state index contributed by atoms with van der Waals surface area (Å²) in [5, 5.41) is 5.56. The zero-order valence-corrected chi connectivity index (χ0v) is 16.6. The highest BCUT2D eigenvalue weighted by Gasteiger charge is 2.42. The van der Waals surface area contributed by atoms with Crippen LogP contribution in [0, 0.1) is 6.92 Å². The topological polar surface area (TPSA) is 27.1 Å². The molecule has 4 rings (SSSR count). The summed E-state index contributed by atoms with van der Waals surface area (Å²) in [6.45, 7) is 10.4. The van der Waals surface area contributed by atoms with Crippen molar-refractivity contribution in [3.8, 4) is 11.6 Å². The van der Waals surface area contributed by atoms with Crippen LogP contribution in [0.15, 0.2) is 66.7 Å². The Morgan fingerprint density at radius 1 is 1.19 bits per heavy atom. The highest BCUT2D eigenvalue weighted by atomic mass is 35.5. The Kier molecular flexibility index (Phi) is 4.35. The molecule has 1 aromatic heterocycles. The lowest BCUT2D eigenvalue weighted by molar-refractivity contribution is 0.0856. The van der Waals surface area contributed by atoms with Crippen molar-refractivity contribution in [3.05, 3.63) is 88.6 Å². The number of ether oxygens (including phenoxy) is 1. The Bertz CT molecular complexity index is 991. The molecular weight excluding hydrogens is 356 g/mol. The zero-order chi connectivity index (χ0) is 19.2. The minimum atomic E-state index is -0.462. The van der Waals surface area contributed by atoms with E-state index in [1.165, 1.54) is 5.56 Å². The second-order valence-electron chi connectivity index (χ2n) is 7.47. The third-order valence-electron chi connectivity index (χ3n) is 5.50. The van der Waals surface area contributed by atoms with Crippen molar-refractivity contribution >= 4 is 11.6 Å². The fourth-order valence-electron chi connectivity index (χ4n) is 3.75. The summed E-state index contributed by atoms with van der Waals surface area (Å²) in [6, 6.07) is 18.2. The first-order valence-corrected chi connectivity index (χ1v) is 9.52. The molecular formula is C23H23ClN2O. The Morgan fingerprint density at radius 3 is 2.48 bits per heavy atom. The molecule has 1 aliphatic heterocycles. The maximum Gasteiger partial charge on any atom is 0.221 e. The lowest BCUT2D eigenvalue weighted by atomic mass is 9.77. The second-order valence-corrected chi connectivity index (χ2v) is 7.91. The number of para-hydroxylation sites is 1. The number of nitrogens with zero attached hydrogens (tertiary/aromatic N) is 2. The van der Waals surface area contributed by atoms with Crippen LogP contribution >= 0.6 is 11.6 Å². The quantitative estimate of drug-likeness (QED) is 0.516. The molecule has 1 aliphatic rings. The molecule has 0 spiro atoms. The van der Waals surface area contributed by atoms with Crippen molar-refractivity contribution < 1.29 is 4.74 Å². The molecule has 0 N–H and O–H groups in total. The SMILES string of the molecule is C=C(C)[C@]1(C)C[C@H](c2ccc(Cl)cc2)c2c(C)nn(-c3ccccc3)c2O1. The zero-order valence-electron chi connectivity index (χ0n) is 15.9. The van der Waals surface area contributed by atoms with Crippen LogP contribution in [0.5, 0.6) is 5.88 Å². The highest BCUT2D eigenvalue weighted by molar-refractivity contribution is 6.30. The van der Waals surface area contributed by atoms with Crippen LogP contribution in [0.4, 0.5) is 0 Å². The van der Waals surface area contributed by atoms with Gasteiger partial charge in [-0.05, 0) is 56.2 Å². The molecule has 27 heavy (non-hydrogen) atoms. The molecule has 0 bridgehead atoms. The van der Waals surface area contributed by atoms with Crippen LogP contribution < -0.4 is 4.74 Å². The van der Waals surface area contributed by atoms with Gasteiger partial charge in [0.05, 0.1) is 11.4 Å². The van der Waals surface area contributed by atoms with Crippen LogP contribution in [0.25, 0.3) is 5.69 Å². The summed E-state index contributed by atoms with van der Waals surface area (Å²) in [4.78, 5) is 0. The van der Waals surface area contributed by atoms with Crippen molar-refractivity contribution in [2.24, 2.45) is 0 Å². The molecule has 0 unspecified atom stereocenters. The first-order chi connectivity index (χ1) is 12.9. The van der Waals surface area contributed by atoms with Gasteiger partial charge < -0.3 is 4.74 Å². The molecule has 0 amide bonds. The predicted octanol–water partition coefficient (Wildman–Crippen LogP) is 6.08. The van der Waals surface area contributed by atoms with Crippen molar-refractivity contribution in [3.63, 3.8) is 0 Å². The predicted molar refractivity (Wildman–Crippen MR) is 110 cm³/mol. The van der Waals surface area contributed by atoms with Crippen LogP contribution in [0.1, 0.15) is 43.0 Å². The van der Waals surface area contributed by atoms with Gasteiger partial charge in [0.15, 0.2) is 0 Å². The molecule has 0 aliphatic carbocycles. The van der Waals surface area contributed by atoms with Gasteiger partial charge in [-0.25, -0.2) is 4.68 Å². The Balaban J connectivity index is 1.92. The number of hydrogen-bond donors (Lipinski definition) is 0. The number of fused-ring (bicyclic) bond motifs is 1. The number of rotatable bonds is 3. The molecule has 0 fully saturated rings. The summed E-state index contributed by atoms with van der Waals surface area (Å²) in [5.41, 5.74) is 4.87. The molecule has 2 aromatic carbocycles.